The number of benzene rings is 1. The fourth-order valence-corrected chi connectivity index (χ4v) is 1.15. The van der Waals surface area contributed by atoms with Gasteiger partial charge < -0.3 is 5.73 Å². The van der Waals surface area contributed by atoms with Crippen LogP contribution in [0.25, 0.3) is 5.57 Å². The van der Waals surface area contributed by atoms with E-state index in [-0.39, 0.29) is 0 Å². The second kappa shape index (κ2) is 5.28. The van der Waals surface area contributed by atoms with Crippen LogP contribution >= 0.6 is 0 Å². The number of hydrogen-bond donors (Lipinski definition) is 1. The normalized spacial score (nSPS) is 13.0. The first-order valence-corrected chi connectivity index (χ1v) is 4.92. The standard InChI is InChI=1S/C13H17N/c1-3-13(14)10-9-11(2)12-7-5-4-6-8-12/h4-10H,3,14H2,1-2H3/b11-9+,13-10+. The van der Waals surface area contributed by atoms with Crippen LogP contribution in [-0.2, 0) is 0 Å². The summed E-state index contributed by atoms with van der Waals surface area (Å²) in [6.45, 7) is 4.15. The molecule has 0 fully saturated rings. The van der Waals surface area contributed by atoms with Crippen molar-refractivity contribution in [2.24, 2.45) is 5.73 Å². The van der Waals surface area contributed by atoms with Crippen molar-refractivity contribution >= 4 is 5.57 Å². The van der Waals surface area contributed by atoms with E-state index in [4.69, 9.17) is 5.73 Å². The number of allylic oxidation sites excluding steroid dienone is 4. The predicted octanol–water partition coefficient (Wildman–Crippen LogP) is 3.34. The van der Waals surface area contributed by atoms with E-state index in [1.165, 1.54) is 11.1 Å². The topological polar surface area (TPSA) is 26.0 Å². The lowest BCUT2D eigenvalue weighted by Gasteiger charge is -1.99. The summed E-state index contributed by atoms with van der Waals surface area (Å²) in [7, 11) is 0. The Labute approximate surface area is 85.9 Å². The predicted molar refractivity (Wildman–Crippen MR) is 62.7 cm³/mol. The fourth-order valence-electron chi connectivity index (χ4n) is 1.15. The molecule has 0 unspecified atom stereocenters. The van der Waals surface area contributed by atoms with Crippen molar-refractivity contribution in [1.82, 2.24) is 0 Å². The molecule has 0 radical (unpaired) electrons. The van der Waals surface area contributed by atoms with E-state index in [9.17, 15) is 0 Å². The minimum absolute atomic E-state index is 0.901. The molecule has 0 saturated carbocycles. The molecule has 0 aromatic heterocycles. The Morgan fingerprint density at radius 2 is 1.86 bits per heavy atom. The van der Waals surface area contributed by atoms with Gasteiger partial charge in [0.2, 0.25) is 0 Å². The Hall–Kier alpha value is -1.50. The zero-order chi connectivity index (χ0) is 10.4. The fraction of sp³-hybridized carbons (Fsp3) is 0.231. The zero-order valence-corrected chi connectivity index (χ0v) is 8.83. The Bertz CT molecular complexity index is 334. The molecule has 14 heavy (non-hydrogen) atoms. The molecule has 0 bridgehead atoms. The van der Waals surface area contributed by atoms with E-state index in [1.54, 1.807) is 0 Å². The van der Waals surface area contributed by atoms with Gasteiger partial charge >= 0.3 is 0 Å². The highest BCUT2D eigenvalue weighted by Gasteiger charge is 1.91. The van der Waals surface area contributed by atoms with E-state index in [0.29, 0.717) is 0 Å². The van der Waals surface area contributed by atoms with E-state index in [0.717, 1.165) is 12.1 Å². The summed E-state index contributed by atoms with van der Waals surface area (Å²) in [4.78, 5) is 0. The van der Waals surface area contributed by atoms with Crippen molar-refractivity contribution < 1.29 is 0 Å². The van der Waals surface area contributed by atoms with Crippen LogP contribution in [0.4, 0.5) is 0 Å². The van der Waals surface area contributed by atoms with Crippen LogP contribution in [0.5, 0.6) is 0 Å². The molecule has 0 heterocycles. The molecule has 0 aliphatic rings. The van der Waals surface area contributed by atoms with Gasteiger partial charge in [-0.3, -0.25) is 0 Å². The lowest BCUT2D eigenvalue weighted by atomic mass is 10.1. The van der Waals surface area contributed by atoms with Gasteiger partial charge in [0.1, 0.15) is 0 Å². The monoisotopic (exact) mass is 187 g/mol. The van der Waals surface area contributed by atoms with Crippen LogP contribution in [0, 0.1) is 0 Å². The molecule has 1 rings (SSSR count). The van der Waals surface area contributed by atoms with Gasteiger partial charge in [-0.25, -0.2) is 0 Å². The Morgan fingerprint density at radius 1 is 1.21 bits per heavy atom. The van der Waals surface area contributed by atoms with E-state index in [2.05, 4.69) is 32.1 Å². The lowest BCUT2D eigenvalue weighted by molar-refractivity contribution is 1.07. The van der Waals surface area contributed by atoms with Crippen molar-refractivity contribution in [2.75, 3.05) is 0 Å². The summed E-state index contributed by atoms with van der Waals surface area (Å²) >= 11 is 0. The summed E-state index contributed by atoms with van der Waals surface area (Å²) in [6.07, 6.45) is 4.94. The summed E-state index contributed by atoms with van der Waals surface area (Å²) in [5.41, 5.74) is 9.11. The molecule has 0 aliphatic heterocycles. The lowest BCUT2D eigenvalue weighted by Crippen LogP contribution is -1.93. The van der Waals surface area contributed by atoms with E-state index >= 15 is 0 Å². The van der Waals surface area contributed by atoms with Crippen LogP contribution in [0.3, 0.4) is 0 Å². The van der Waals surface area contributed by atoms with Crippen molar-refractivity contribution in [3.63, 3.8) is 0 Å². The molecule has 2 N–H and O–H groups in total. The molecule has 74 valence electrons. The Balaban J connectivity index is 2.81. The van der Waals surface area contributed by atoms with Crippen LogP contribution < -0.4 is 5.73 Å². The maximum Gasteiger partial charge on any atom is 0.00777 e. The van der Waals surface area contributed by atoms with Crippen molar-refractivity contribution in [3.05, 3.63) is 53.7 Å². The van der Waals surface area contributed by atoms with Crippen LogP contribution in [0.15, 0.2) is 48.2 Å². The van der Waals surface area contributed by atoms with Crippen molar-refractivity contribution in [3.8, 4) is 0 Å². The summed E-state index contributed by atoms with van der Waals surface area (Å²) in [5.74, 6) is 0. The zero-order valence-electron chi connectivity index (χ0n) is 8.83. The smallest absolute Gasteiger partial charge is 0.00777 e. The average Bonchev–Trinajstić information content (AvgIpc) is 2.26. The molecule has 1 aromatic rings. The third-order valence-electron chi connectivity index (χ3n) is 2.18. The Kier molecular flexibility index (Phi) is 3.99. The first kappa shape index (κ1) is 10.6. The van der Waals surface area contributed by atoms with Gasteiger partial charge in [0, 0.05) is 5.70 Å². The summed E-state index contributed by atoms with van der Waals surface area (Å²) < 4.78 is 0. The Morgan fingerprint density at radius 3 is 2.43 bits per heavy atom. The van der Waals surface area contributed by atoms with E-state index < -0.39 is 0 Å². The molecule has 0 amide bonds. The molecule has 0 aliphatic carbocycles. The quantitative estimate of drug-likeness (QED) is 0.721. The average molecular weight is 187 g/mol. The molecule has 0 atom stereocenters. The third-order valence-corrected chi connectivity index (χ3v) is 2.18. The van der Waals surface area contributed by atoms with Gasteiger partial charge in [-0.2, -0.15) is 0 Å². The molecular weight excluding hydrogens is 170 g/mol. The van der Waals surface area contributed by atoms with E-state index in [1.807, 2.05) is 24.3 Å². The first-order chi connectivity index (χ1) is 6.74. The molecule has 0 spiro atoms. The summed E-state index contributed by atoms with van der Waals surface area (Å²) in [5, 5.41) is 0. The number of rotatable bonds is 3. The highest BCUT2D eigenvalue weighted by molar-refractivity contribution is 5.65. The van der Waals surface area contributed by atoms with Gasteiger partial charge in [0.25, 0.3) is 0 Å². The summed E-state index contributed by atoms with van der Waals surface area (Å²) in [6, 6.07) is 10.3. The minimum atomic E-state index is 0.901. The van der Waals surface area contributed by atoms with Crippen LogP contribution in [0.2, 0.25) is 0 Å². The second-order valence-corrected chi connectivity index (χ2v) is 3.31. The number of hydrogen-bond acceptors (Lipinski definition) is 1. The van der Waals surface area contributed by atoms with Gasteiger partial charge in [-0.15, -0.1) is 0 Å². The van der Waals surface area contributed by atoms with Gasteiger partial charge in [0.05, 0.1) is 0 Å². The number of nitrogens with two attached hydrogens (primary N) is 1. The van der Waals surface area contributed by atoms with Gasteiger partial charge in [-0.1, -0.05) is 43.3 Å². The maximum atomic E-state index is 5.72. The second-order valence-electron chi connectivity index (χ2n) is 3.31. The SMILES string of the molecule is CC/C(N)=C\C=C(/C)c1ccccc1. The molecule has 1 aromatic carbocycles. The molecule has 1 nitrogen and oxygen atoms in total. The van der Waals surface area contributed by atoms with Crippen molar-refractivity contribution in [1.29, 1.82) is 0 Å². The van der Waals surface area contributed by atoms with Crippen LogP contribution in [0.1, 0.15) is 25.8 Å². The van der Waals surface area contributed by atoms with Gasteiger partial charge in [-0.05, 0) is 30.6 Å². The molecule has 1 heteroatoms. The third kappa shape index (κ3) is 3.09. The van der Waals surface area contributed by atoms with Gasteiger partial charge in [0.15, 0.2) is 0 Å². The maximum absolute atomic E-state index is 5.72. The minimum Gasteiger partial charge on any atom is -0.402 e. The van der Waals surface area contributed by atoms with Crippen molar-refractivity contribution in [2.45, 2.75) is 20.3 Å². The van der Waals surface area contributed by atoms with Crippen LogP contribution in [-0.4, -0.2) is 0 Å². The first-order valence-electron chi connectivity index (χ1n) is 4.92. The largest absolute Gasteiger partial charge is 0.402 e. The molecule has 0 saturated heterocycles. The highest BCUT2D eigenvalue weighted by atomic mass is 14.6. The molecular formula is C13H17N. The highest BCUT2D eigenvalue weighted by Crippen LogP contribution is 2.12.